The molecular weight excluding hydrogens is 550 g/mol. The van der Waals surface area contributed by atoms with Crippen LogP contribution in [0.3, 0.4) is 0 Å². The number of ether oxygens (including phenoxy) is 1. The Morgan fingerprint density at radius 1 is 0.477 bits per heavy atom. The molecule has 0 heterocycles. The van der Waals surface area contributed by atoms with Crippen LogP contribution >= 0.6 is 0 Å². The minimum absolute atomic E-state index is 0.0281. The summed E-state index contributed by atoms with van der Waals surface area (Å²) < 4.78 is 5.61. The minimum atomic E-state index is -0.133. The molecule has 0 fully saturated rings. The van der Waals surface area contributed by atoms with Gasteiger partial charge in [-0.05, 0) is 119 Å². The summed E-state index contributed by atoms with van der Waals surface area (Å²) in [7, 11) is 0. The Morgan fingerprint density at radius 3 is 1.43 bits per heavy atom. The highest BCUT2D eigenvalue weighted by Gasteiger charge is 2.26. The van der Waals surface area contributed by atoms with Gasteiger partial charge in [-0.3, -0.25) is 9.59 Å². The molecule has 0 aliphatic heterocycles. The van der Waals surface area contributed by atoms with Gasteiger partial charge in [-0.1, -0.05) is 27.7 Å². The van der Waals surface area contributed by atoms with E-state index in [9.17, 15) is 9.59 Å². The van der Waals surface area contributed by atoms with Crippen LogP contribution in [0, 0.1) is 10.8 Å². The van der Waals surface area contributed by atoms with Crippen LogP contribution < -0.4 is 26.6 Å². The molecule has 8 heteroatoms. The topological polar surface area (TPSA) is 104 Å². The Bertz CT molecular complexity index is 823. The second kappa shape index (κ2) is 18.8. The van der Waals surface area contributed by atoms with Gasteiger partial charge in [-0.2, -0.15) is 0 Å². The van der Waals surface area contributed by atoms with E-state index in [1.807, 2.05) is 0 Å². The zero-order valence-corrected chi connectivity index (χ0v) is 31.6. The van der Waals surface area contributed by atoms with Crippen molar-refractivity contribution in [3.05, 3.63) is 0 Å². The lowest BCUT2D eigenvalue weighted by Gasteiger charge is -2.33. The van der Waals surface area contributed by atoms with E-state index in [2.05, 4.69) is 124 Å². The molecule has 8 nitrogen and oxygen atoms in total. The van der Waals surface area contributed by atoms with Crippen LogP contribution in [-0.4, -0.2) is 73.4 Å². The van der Waals surface area contributed by atoms with Gasteiger partial charge in [-0.15, -0.1) is 0 Å². The molecule has 0 aromatic rings. The van der Waals surface area contributed by atoms with Gasteiger partial charge in [0.1, 0.15) is 0 Å². The van der Waals surface area contributed by atoms with Crippen molar-refractivity contribution in [2.75, 3.05) is 39.3 Å². The van der Waals surface area contributed by atoms with E-state index >= 15 is 0 Å². The number of hydrogen-bond acceptors (Lipinski definition) is 7. The SMILES string of the molecule is CC(C)(CCNC(=O)CCNC(C)(C)C)CCC(C)(C)NCCC(=O)OCCC(C)(C)CCC(C)(C)NCCNC(C)(C)C. The van der Waals surface area contributed by atoms with Crippen LogP contribution in [0.4, 0.5) is 0 Å². The van der Waals surface area contributed by atoms with Crippen LogP contribution in [0.25, 0.3) is 0 Å². The highest BCUT2D eigenvalue weighted by atomic mass is 16.5. The van der Waals surface area contributed by atoms with E-state index in [4.69, 9.17) is 4.74 Å². The first-order valence-electron chi connectivity index (χ1n) is 17.2. The van der Waals surface area contributed by atoms with Gasteiger partial charge in [-0.25, -0.2) is 0 Å². The number of amides is 1. The molecule has 0 radical (unpaired) electrons. The van der Waals surface area contributed by atoms with Gasteiger partial charge in [0.25, 0.3) is 0 Å². The van der Waals surface area contributed by atoms with Gasteiger partial charge < -0.3 is 31.3 Å². The number of carbonyl (C=O) groups excluding carboxylic acids is 2. The summed E-state index contributed by atoms with van der Waals surface area (Å²) in [5, 5.41) is 17.2. The summed E-state index contributed by atoms with van der Waals surface area (Å²) in [6.45, 7) is 35.2. The van der Waals surface area contributed by atoms with Crippen molar-refractivity contribution in [1.29, 1.82) is 0 Å². The van der Waals surface area contributed by atoms with Gasteiger partial charge in [0.15, 0.2) is 0 Å². The molecule has 5 N–H and O–H groups in total. The smallest absolute Gasteiger partial charge is 0.307 e. The number of nitrogens with one attached hydrogen (secondary N) is 5. The molecule has 0 aliphatic rings. The third kappa shape index (κ3) is 26.0. The quantitative estimate of drug-likeness (QED) is 0.0668. The molecule has 0 unspecified atom stereocenters. The van der Waals surface area contributed by atoms with Crippen LogP contribution in [0.5, 0.6) is 0 Å². The third-order valence-electron chi connectivity index (χ3n) is 8.34. The lowest BCUT2D eigenvalue weighted by Crippen LogP contribution is -2.46. The van der Waals surface area contributed by atoms with Crippen molar-refractivity contribution in [2.24, 2.45) is 10.8 Å². The van der Waals surface area contributed by atoms with Crippen molar-refractivity contribution < 1.29 is 14.3 Å². The van der Waals surface area contributed by atoms with E-state index in [-0.39, 0.29) is 44.9 Å². The molecule has 0 rings (SSSR count). The van der Waals surface area contributed by atoms with Gasteiger partial charge in [0, 0.05) is 61.3 Å². The maximum Gasteiger partial charge on any atom is 0.307 e. The summed E-state index contributed by atoms with van der Waals surface area (Å²) in [4.78, 5) is 24.6. The summed E-state index contributed by atoms with van der Waals surface area (Å²) >= 11 is 0. The van der Waals surface area contributed by atoms with Crippen molar-refractivity contribution in [1.82, 2.24) is 26.6 Å². The molecular formula is C36H75N5O3. The average Bonchev–Trinajstić information content (AvgIpc) is 2.83. The van der Waals surface area contributed by atoms with Crippen molar-refractivity contribution in [3.63, 3.8) is 0 Å². The molecule has 262 valence electrons. The average molecular weight is 626 g/mol. The zero-order chi connectivity index (χ0) is 34.3. The van der Waals surface area contributed by atoms with Gasteiger partial charge >= 0.3 is 5.97 Å². The highest BCUT2D eigenvalue weighted by Crippen LogP contribution is 2.31. The fourth-order valence-electron chi connectivity index (χ4n) is 4.76. The molecule has 0 aliphatic carbocycles. The molecule has 0 bridgehead atoms. The Kier molecular flexibility index (Phi) is 18.3. The fourth-order valence-corrected chi connectivity index (χ4v) is 4.76. The maximum absolute atomic E-state index is 12.4. The minimum Gasteiger partial charge on any atom is -0.466 e. The van der Waals surface area contributed by atoms with Crippen molar-refractivity contribution in [3.8, 4) is 0 Å². The Hall–Kier alpha value is -1.22. The van der Waals surface area contributed by atoms with Crippen LogP contribution in [-0.2, 0) is 14.3 Å². The van der Waals surface area contributed by atoms with Crippen molar-refractivity contribution in [2.45, 2.75) is 170 Å². The lowest BCUT2D eigenvalue weighted by atomic mass is 9.80. The summed E-state index contributed by atoms with van der Waals surface area (Å²) in [5.41, 5.74) is 0.394. The number of carbonyl (C=O) groups is 2. The van der Waals surface area contributed by atoms with Crippen LogP contribution in [0.1, 0.15) is 148 Å². The van der Waals surface area contributed by atoms with E-state index < -0.39 is 0 Å². The molecule has 0 aromatic heterocycles. The Balaban J connectivity index is 4.21. The summed E-state index contributed by atoms with van der Waals surface area (Å²) in [6.07, 6.45) is 6.85. The Morgan fingerprint density at radius 2 is 0.909 bits per heavy atom. The van der Waals surface area contributed by atoms with E-state index in [0.29, 0.717) is 39.1 Å². The first-order chi connectivity index (χ1) is 19.8. The number of hydrogen-bond donors (Lipinski definition) is 5. The second-order valence-electron chi connectivity index (χ2n) is 17.9. The first kappa shape index (κ1) is 42.8. The molecule has 0 saturated heterocycles. The molecule has 0 spiro atoms. The van der Waals surface area contributed by atoms with E-state index in [1.54, 1.807) is 0 Å². The predicted molar refractivity (Wildman–Crippen MR) is 188 cm³/mol. The highest BCUT2D eigenvalue weighted by molar-refractivity contribution is 5.76. The number of esters is 1. The summed E-state index contributed by atoms with van der Waals surface area (Å²) in [6, 6.07) is 0. The monoisotopic (exact) mass is 626 g/mol. The predicted octanol–water partition coefficient (Wildman–Crippen LogP) is 6.33. The van der Waals surface area contributed by atoms with Gasteiger partial charge in [0.2, 0.25) is 5.91 Å². The van der Waals surface area contributed by atoms with Crippen molar-refractivity contribution >= 4 is 11.9 Å². The molecule has 44 heavy (non-hydrogen) atoms. The largest absolute Gasteiger partial charge is 0.466 e. The normalized spacial score (nSPS) is 13.7. The lowest BCUT2D eigenvalue weighted by molar-refractivity contribution is -0.144. The standard InChI is InChI=1S/C36H75N5O3/c1-31(2,3)38-23-15-29(42)37-25-21-33(7,8)17-19-35(11,12)40-24-16-30(43)44-28-22-34(9,10)18-20-36(13,14)41-27-26-39-32(4,5)6/h38-41H,15-28H2,1-14H3,(H,37,42). The molecule has 0 aromatic carbocycles. The number of rotatable bonds is 23. The molecule has 0 saturated carbocycles. The molecule has 1 amide bonds. The van der Waals surface area contributed by atoms with E-state index in [0.717, 1.165) is 51.6 Å². The van der Waals surface area contributed by atoms with E-state index in [1.165, 1.54) is 0 Å². The third-order valence-corrected chi connectivity index (χ3v) is 8.34. The first-order valence-corrected chi connectivity index (χ1v) is 17.2. The second-order valence-corrected chi connectivity index (χ2v) is 17.9. The molecule has 0 atom stereocenters. The van der Waals surface area contributed by atoms with Crippen LogP contribution in [0.15, 0.2) is 0 Å². The summed E-state index contributed by atoms with van der Waals surface area (Å²) in [5.74, 6) is -0.0297. The maximum atomic E-state index is 12.4. The zero-order valence-electron chi connectivity index (χ0n) is 31.6. The van der Waals surface area contributed by atoms with Crippen LogP contribution in [0.2, 0.25) is 0 Å². The fraction of sp³-hybridized carbons (Fsp3) is 0.944. The Labute approximate surface area is 273 Å². The van der Waals surface area contributed by atoms with Gasteiger partial charge in [0.05, 0.1) is 13.0 Å².